The number of carbonyl (C=O) groups is 1. The molecule has 78 valence electrons. The van der Waals surface area contributed by atoms with Gasteiger partial charge < -0.3 is 10.5 Å². The van der Waals surface area contributed by atoms with E-state index in [-0.39, 0.29) is 18.4 Å². The number of primary amides is 1. The Morgan fingerprint density at radius 3 is 2.60 bits per heavy atom. The second kappa shape index (κ2) is 5.01. The summed E-state index contributed by atoms with van der Waals surface area (Å²) in [6, 6.07) is 8.70. The summed E-state index contributed by atoms with van der Waals surface area (Å²) in [6.45, 7) is 1.95. The van der Waals surface area contributed by atoms with Gasteiger partial charge in [-0.3, -0.25) is 4.79 Å². The van der Waals surface area contributed by atoms with E-state index in [0.29, 0.717) is 11.3 Å². The third-order valence-corrected chi connectivity index (χ3v) is 1.97. The van der Waals surface area contributed by atoms with Crippen LogP contribution in [0.15, 0.2) is 24.3 Å². The highest BCUT2D eigenvalue weighted by Crippen LogP contribution is 2.12. The highest BCUT2D eigenvalue weighted by atomic mass is 16.5. The van der Waals surface area contributed by atoms with Crippen LogP contribution in [0.2, 0.25) is 0 Å². The molecule has 0 aromatic heterocycles. The molecule has 0 aliphatic carbocycles. The standard InChI is InChI=1S/C11H12N2O2/c1-8(11(13)14)7-15-10-4-2-9(6-12)3-5-10/h2-5,8H,7H2,1H3,(H2,13,14)/t8-/m1/s1. The lowest BCUT2D eigenvalue weighted by Crippen LogP contribution is -2.25. The molecule has 4 heteroatoms. The Kier molecular flexibility index (Phi) is 3.69. The molecular formula is C11H12N2O2. The zero-order chi connectivity index (χ0) is 11.3. The van der Waals surface area contributed by atoms with Crippen molar-refractivity contribution in [3.63, 3.8) is 0 Å². The largest absolute Gasteiger partial charge is 0.493 e. The molecule has 0 saturated carbocycles. The Morgan fingerprint density at radius 1 is 1.53 bits per heavy atom. The van der Waals surface area contributed by atoms with Crippen LogP contribution in [0, 0.1) is 17.2 Å². The average Bonchev–Trinajstić information content (AvgIpc) is 2.26. The topological polar surface area (TPSA) is 76.1 Å². The summed E-state index contributed by atoms with van der Waals surface area (Å²) in [4.78, 5) is 10.7. The van der Waals surface area contributed by atoms with Crippen LogP contribution in [-0.2, 0) is 4.79 Å². The molecule has 4 nitrogen and oxygen atoms in total. The fourth-order valence-corrected chi connectivity index (χ4v) is 0.929. The van der Waals surface area contributed by atoms with Crippen molar-refractivity contribution in [3.8, 4) is 11.8 Å². The average molecular weight is 204 g/mol. The van der Waals surface area contributed by atoms with Gasteiger partial charge in [0.1, 0.15) is 5.75 Å². The first kappa shape index (κ1) is 11.1. The predicted molar refractivity (Wildman–Crippen MR) is 55.0 cm³/mol. The number of carbonyl (C=O) groups excluding carboxylic acids is 1. The van der Waals surface area contributed by atoms with Crippen LogP contribution in [0.25, 0.3) is 0 Å². The summed E-state index contributed by atoms with van der Waals surface area (Å²) in [7, 11) is 0. The molecule has 0 saturated heterocycles. The molecule has 0 heterocycles. The second-order valence-electron chi connectivity index (χ2n) is 3.25. The zero-order valence-corrected chi connectivity index (χ0v) is 8.43. The highest BCUT2D eigenvalue weighted by Gasteiger charge is 2.08. The van der Waals surface area contributed by atoms with E-state index < -0.39 is 0 Å². The lowest BCUT2D eigenvalue weighted by molar-refractivity contribution is -0.122. The molecule has 0 fully saturated rings. The highest BCUT2D eigenvalue weighted by molar-refractivity contribution is 5.76. The van der Waals surface area contributed by atoms with Gasteiger partial charge in [-0.1, -0.05) is 6.92 Å². The van der Waals surface area contributed by atoms with Gasteiger partial charge in [-0.05, 0) is 24.3 Å². The van der Waals surface area contributed by atoms with Gasteiger partial charge in [0.15, 0.2) is 0 Å². The van der Waals surface area contributed by atoms with E-state index in [9.17, 15) is 4.79 Å². The molecular weight excluding hydrogens is 192 g/mol. The van der Waals surface area contributed by atoms with Crippen LogP contribution in [0.5, 0.6) is 5.75 Å². The minimum atomic E-state index is -0.386. The molecule has 15 heavy (non-hydrogen) atoms. The van der Waals surface area contributed by atoms with E-state index in [4.69, 9.17) is 15.7 Å². The normalized spacial score (nSPS) is 11.5. The summed E-state index contributed by atoms with van der Waals surface area (Å²) < 4.78 is 5.32. The van der Waals surface area contributed by atoms with E-state index in [2.05, 4.69) is 0 Å². The van der Waals surface area contributed by atoms with Crippen molar-refractivity contribution in [1.82, 2.24) is 0 Å². The molecule has 1 amide bonds. The maximum atomic E-state index is 10.7. The number of nitrogens with zero attached hydrogens (tertiary/aromatic N) is 1. The Balaban J connectivity index is 2.52. The van der Waals surface area contributed by atoms with Gasteiger partial charge in [-0.15, -0.1) is 0 Å². The maximum absolute atomic E-state index is 10.7. The van der Waals surface area contributed by atoms with Gasteiger partial charge in [0.2, 0.25) is 5.91 Å². The Hall–Kier alpha value is -2.02. The van der Waals surface area contributed by atoms with Gasteiger partial charge >= 0.3 is 0 Å². The quantitative estimate of drug-likeness (QED) is 0.796. The number of ether oxygens (including phenoxy) is 1. The van der Waals surface area contributed by atoms with Gasteiger partial charge in [0.05, 0.1) is 24.2 Å². The maximum Gasteiger partial charge on any atom is 0.223 e. The number of nitriles is 1. The van der Waals surface area contributed by atoms with E-state index in [0.717, 1.165) is 0 Å². The van der Waals surface area contributed by atoms with Gasteiger partial charge in [-0.2, -0.15) is 5.26 Å². The molecule has 0 aliphatic heterocycles. The predicted octanol–water partition coefficient (Wildman–Crippen LogP) is 1.06. The molecule has 0 unspecified atom stereocenters. The van der Waals surface area contributed by atoms with E-state index in [1.165, 1.54) is 0 Å². The number of amides is 1. The SMILES string of the molecule is C[C@H](COc1ccc(C#N)cc1)C(N)=O. The van der Waals surface area contributed by atoms with Crippen molar-refractivity contribution < 1.29 is 9.53 Å². The fraction of sp³-hybridized carbons (Fsp3) is 0.273. The molecule has 1 rings (SSSR count). The van der Waals surface area contributed by atoms with Crippen LogP contribution >= 0.6 is 0 Å². The van der Waals surface area contributed by atoms with E-state index >= 15 is 0 Å². The van der Waals surface area contributed by atoms with Crippen LogP contribution in [0.3, 0.4) is 0 Å². The van der Waals surface area contributed by atoms with Gasteiger partial charge in [-0.25, -0.2) is 0 Å². The molecule has 1 aromatic carbocycles. The lowest BCUT2D eigenvalue weighted by atomic mass is 10.2. The third-order valence-electron chi connectivity index (χ3n) is 1.97. The van der Waals surface area contributed by atoms with Crippen LogP contribution in [0.1, 0.15) is 12.5 Å². The fourth-order valence-electron chi connectivity index (χ4n) is 0.929. The number of hydrogen-bond acceptors (Lipinski definition) is 3. The molecule has 0 radical (unpaired) electrons. The minimum Gasteiger partial charge on any atom is -0.493 e. The van der Waals surface area contributed by atoms with Crippen molar-refractivity contribution in [1.29, 1.82) is 5.26 Å². The number of rotatable bonds is 4. The van der Waals surface area contributed by atoms with Crippen LogP contribution in [-0.4, -0.2) is 12.5 Å². The molecule has 1 atom stereocenters. The second-order valence-corrected chi connectivity index (χ2v) is 3.25. The Labute approximate surface area is 88.3 Å². The first-order chi connectivity index (χ1) is 7.13. The first-order valence-corrected chi connectivity index (χ1v) is 4.55. The van der Waals surface area contributed by atoms with Gasteiger partial charge in [0.25, 0.3) is 0 Å². The monoisotopic (exact) mass is 204 g/mol. The summed E-state index contributed by atoms with van der Waals surface area (Å²) >= 11 is 0. The van der Waals surface area contributed by atoms with Crippen molar-refractivity contribution in [2.75, 3.05) is 6.61 Å². The molecule has 0 bridgehead atoms. The molecule has 0 spiro atoms. The van der Waals surface area contributed by atoms with Crippen LogP contribution in [0.4, 0.5) is 0 Å². The van der Waals surface area contributed by atoms with Gasteiger partial charge in [0, 0.05) is 0 Å². The number of benzene rings is 1. The summed E-state index contributed by atoms with van der Waals surface area (Å²) in [5.41, 5.74) is 5.66. The first-order valence-electron chi connectivity index (χ1n) is 4.55. The lowest BCUT2D eigenvalue weighted by Gasteiger charge is -2.09. The van der Waals surface area contributed by atoms with E-state index in [1.54, 1.807) is 31.2 Å². The van der Waals surface area contributed by atoms with Crippen molar-refractivity contribution >= 4 is 5.91 Å². The Bertz CT molecular complexity index is 379. The zero-order valence-electron chi connectivity index (χ0n) is 8.43. The number of nitrogens with two attached hydrogens (primary N) is 1. The third kappa shape index (κ3) is 3.31. The van der Waals surface area contributed by atoms with Crippen molar-refractivity contribution in [2.45, 2.75) is 6.92 Å². The molecule has 0 aliphatic rings. The van der Waals surface area contributed by atoms with Crippen molar-refractivity contribution in [3.05, 3.63) is 29.8 Å². The van der Waals surface area contributed by atoms with E-state index in [1.807, 2.05) is 6.07 Å². The molecule has 1 aromatic rings. The minimum absolute atomic E-state index is 0.251. The number of hydrogen-bond donors (Lipinski definition) is 1. The summed E-state index contributed by atoms with van der Waals surface area (Å²) in [6.07, 6.45) is 0. The smallest absolute Gasteiger partial charge is 0.223 e. The van der Waals surface area contributed by atoms with Crippen molar-refractivity contribution in [2.24, 2.45) is 11.7 Å². The summed E-state index contributed by atoms with van der Waals surface area (Å²) in [5, 5.41) is 8.57. The molecule has 2 N–H and O–H groups in total. The van der Waals surface area contributed by atoms with Crippen LogP contribution < -0.4 is 10.5 Å². The Morgan fingerprint density at radius 2 is 2.13 bits per heavy atom. The summed E-state index contributed by atoms with van der Waals surface area (Å²) in [5.74, 6) is -0.0774.